The largest absolute Gasteiger partial charge is 0.485 e. The molecule has 0 unspecified atom stereocenters. The summed E-state index contributed by atoms with van der Waals surface area (Å²) < 4.78 is 11.4. The minimum absolute atomic E-state index is 0.0170. The van der Waals surface area contributed by atoms with E-state index in [9.17, 15) is 4.79 Å². The summed E-state index contributed by atoms with van der Waals surface area (Å²) in [6.07, 6.45) is 0. The highest BCUT2D eigenvalue weighted by molar-refractivity contribution is 5.98. The van der Waals surface area contributed by atoms with Gasteiger partial charge in [-0.25, -0.2) is 0 Å². The third kappa shape index (κ3) is 4.48. The number of Topliss-reactive ketones (excluding diaryl/α,β-unsaturated/α-hetero) is 1. The molecule has 25 heavy (non-hydrogen) atoms. The molecule has 0 aliphatic heterocycles. The number of ether oxygens (including phenoxy) is 2. The Morgan fingerprint density at radius 1 is 0.800 bits per heavy atom. The second kappa shape index (κ2) is 7.67. The molecule has 0 N–H and O–H groups in total. The second-order valence-corrected chi connectivity index (χ2v) is 5.92. The smallest absolute Gasteiger partial charge is 0.200 e. The van der Waals surface area contributed by atoms with Crippen molar-refractivity contribution < 1.29 is 14.3 Å². The van der Waals surface area contributed by atoms with Gasteiger partial charge >= 0.3 is 0 Å². The highest BCUT2D eigenvalue weighted by atomic mass is 16.5. The van der Waals surface area contributed by atoms with E-state index in [0.29, 0.717) is 11.3 Å². The molecule has 3 aromatic carbocycles. The molecule has 3 rings (SSSR count). The molecule has 3 nitrogen and oxygen atoms in total. The topological polar surface area (TPSA) is 35.5 Å². The zero-order chi connectivity index (χ0) is 17.6. The molecule has 0 saturated carbocycles. The highest BCUT2D eigenvalue weighted by Gasteiger charge is 2.10. The molecular formula is C22H20O3. The van der Waals surface area contributed by atoms with Gasteiger partial charge in [0.25, 0.3) is 0 Å². The Labute approximate surface area is 147 Å². The quantitative estimate of drug-likeness (QED) is 0.570. The Bertz CT molecular complexity index is 852. The summed E-state index contributed by atoms with van der Waals surface area (Å²) in [7, 11) is 0. The van der Waals surface area contributed by atoms with E-state index in [-0.39, 0.29) is 12.4 Å². The number of carbonyl (C=O) groups excluding carboxylic acids is 1. The minimum atomic E-state index is -0.0224. The highest BCUT2D eigenvalue weighted by Crippen LogP contribution is 2.23. The number of hydrogen-bond acceptors (Lipinski definition) is 3. The predicted octanol–water partition coefficient (Wildman–Crippen LogP) is 5.36. The Morgan fingerprint density at radius 2 is 1.44 bits per heavy atom. The maximum atomic E-state index is 12.3. The van der Waals surface area contributed by atoms with Gasteiger partial charge in [-0.2, -0.15) is 0 Å². The number of aryl methyl sites for hydroxylation is 2. The summed E-state index contributed by atoms with van der Waals surface area (Å²) in [5.41, 5.74) is 2.74. The lowest BCUT2D eigenvalue weighted by atomic mass is 10.0. The van der Waals surface area contributed by atoms with Crippen LogP contribution in [-0.4, -0.2) is 12.4 Å². The first-order chi connectivity index (χ1) is 12.1. The SMILES string of the molecule is Cc1ccc(C)c(C(=O)COc2ccc(Oc3ccccc3)cc2)c1. The molecule has 126 valence electrons. The fraction of sp³-hybridized carbons (Fsp3) is 0.136. The van der Waals surface area contributed by atoms with Crippen LogP contribution in [0.3, 0.4) is 0 Å². The number of benzene rings is 3. The molecule has 0 fully saturated rings. The van der Waals surface area contributed by atoms with Crippen LogP contribution in [0.1, 0.15) is 21.5 Å². The van der Waals surface area contributed by atoms with E-state index in [1.54, 1.807) is 12.1 Å². The normalized spacial score (nSPS) is 10.3. The van der Waals surface area contributed by atoms with Crippen molar-refractivity contribution in [1.29, 1.82) is 0 Å². The average molecular weight is 332 g/mol. The van der Waals surface area contributed by atoms with Gasteiger partial charge in [0.15, 0.2) is 12.4 Å². The van der Waals surface area contributed by atoms with Crippen molar-refractivity contribution in [3.8, 4) is 17.2 Å². The summed E-state index contributed by atoms with van der Waals surface area (Å²) in [6, 6.07) is 22.7. The van der Waals surface area contributed by atoms with Crippen LogP contribution in [0.25, 0.3) is 0 Å². The molecule has 0 atom stereocenters. The summed E-state index contributed by atoms with van der Waals surface area (Å²) in [5, 5.41) is 0. The molecule has 0 saturated heterocycles. The number of ketones is 1. The number of carbonyl (C=O) groups is 1. The Kier molecular flexibility index (Phi) is 5.14. The first-order valence-corrected chi connectivity index (χ1v) is 8.18. The van der Waals surface area contributed by atoms with Crippen molar-refractivity contribution in [3.63, 3.8) is 0 Å². The summed E-state index contributed by atoms with van der Waals surface area (Å²) >= 11 is 0. The van der Waals surface area contributed by atoms with Crippen molar-refractivity contribution in [3.05, 3.63) is 89.5 Å². The van der Waals surface area contributed by atoms with E-state index in [2.05, 4.69) is 0 Å². The van der Waals surface area contributed by atoms with Gasteiger partial charge in [0, 0.05) is 5.56 Å². The zero-order valence-electron chi connectivity index (χ0n) is 14.4. The molecule has 0 aliphatic rings. The molecule has 0 amide bonds. The Hall–Kier alpha value is -3.07. The van der Waals surface area contributed by atoms with Crippen LogP contribution in [0.15, 0.2) is 72.8 Å². The van der Waals surface area contributed by atoms with Crippen molar-refractivity contribution in [1.82, 2.24) is 0 Å². The predicted molar refractivity (Wildman–Crippen MR) is 98.7 cm³/mol. The van der Waals surface area contributed by atoms with Crippen LogP contribution < -0.4 is 9.47 Å². The van der Waals surface area contributed by atoms with Crippen LogP contribution >= 0.6 is 0 Å². The summed E-state index contributed by atoms with van der Waals surface area (Å²) in [4.78, 5) is 12.3. The van der Waals surface area contributed by atoms with Gasteiger partial charge in [-0.1, -0.05) is 35.9 Å². The van der Waals surface area contributed by atoms with Crippen LogP contribution in [0.2, 0.25) is 0 Å². The first kappa shape index (κ1) is 16.8. The third-order valence-corrected chi connectivity index (χ3v) is 3.87. The summed E-state index contributed by atoms with van der Waals surface area (Å²) in [5.74, 6) is 2.12. The molecule has 3 aromatic rings. The van der Waals surface area contributed by atoms with Gasteiger partial charge in [0.2, 0.25) is 0 Å². The molecule has 0 heterocycles. The van der Waals surface area contributed by atoms with E-state index in [4.69, 9.17) is 9.47 Å². The molecule has 0 radical (unpaired) electrons. The maximum Gasteiger partial charge on any atom is 0.200 e. The van der Waals surface area contributed by atoms with Crippen molar-refractivity contribution in [2.75, 3.05) is 6.61 Å². The lowest BCUT2D eigenvalue weighted by Gasteiger charge is -2.09. The number of rotatable bonds is 6. The van der Waals surface area contributed by atoms with Gasteiger partial charge in [-0.15, -0.1) is 0 Å². The monoisotopic (exact) mass is 332 g/mol. The van der Waals surface area contributed by atoms with E-state index >= 15 is 0 Å². The number of hydrogen-bond donors (Lipinski definition) is 0. The molecule has 0 aliphatic carbocycles. The number of para-hydroxylation sites is 1. The maximum absolute atomic E-state index is 12.3. The van der Waals surface area contributed by atoms with E-state index in [0.717, 1.165) is 22.6 Å². The van der Waals surface area contributed by atoms with E-state index < -0.39 is 0 Å². The Morgan fingerprint density at radius 3 is 2.16 bits per heavy atom. The lowest BCUT2D eigenvalue weighted by Crippen LogP contribution is -2.13. The Balaban J connectivity index is 1.60. The van der Waals surface area contributed by atoms with E-state index in [1.165, 1.54) is 0 Å². The molecule has 3 heteroatoms. The van der Waals surface area contributed by atoms with Gasteiger partial charge in [-0.05, 0) is 61.9 Å². The van der Waals surface area contributed by atoms with Crippen LogP contribution in [0.4, 0.5) is 0 Å². The van der Waals surface area contributed by atoms with Crippen LogP contribution in [0.5, 0.6) is 17.2 Å². The van der Waals surface area contributed by atoms with E-state index in [1.807, 2.05) is 74.5 Å². The molecule has 0 aromatic heterocycles. The minimum Gasteiger partial charge on any atom is -0.485 e. The first-order valence-electron chi connectivity index (χ1n) is 8.18. The standard InChI is InChI=1S/C22H20O3/c1-16-8-9-17(2)21(14-16)22(23)15-24-18-10-12-20(13-11-18)25-19-6-4-3-5-7-19/h3-14H,15H2,1-2H3. The summed E-state index contributed by atoms with van der Waals surface area (Å²) in [6.45, 7) is 3.92. The van der Waals surface area contributed by atoms with Crippen molar-refractivity contribution in [2.45, 2.75) is 13.8 Å². The van der Waals surface area contributed by atoms with Crippen LogP contribution in [0, 0.1) is 13.8 Å². The molecule has 0 spiro atoms. The van der Waals surface area contributed by atoms with Crippen LogP contribution in [-0.2, 0) is 0 Å². The fourth-order valence-corrected chi connectivity index (χ4v) is 2.49. The van der Waals surface area contributed by atoms with Gasteiger partial charge in [0.1, 0.15) is 17.2 Å². The van der Waals surface area contributed by atoms with Crippen molar-refractivity contribution >= 4 is 5.78 Å². The third-order valence-electron chi connectivity index (χ3n) is 3.87. The zero-order valence-corrected chi connectivity index (χ0v) is 14.4. The molecular weight excluding hydrogens is 312 g/mol. The lowest BCUT2D eigenvalue weighted by molar-refractivity contribution is 0.0921. The van der Waals surface area contributed by atoms with Crippen molar-refractivity contribution in [2.24, 2.45) is 0 Å². The molecule has 0 bridgehead atoms. The average Bonchev–Trinajstić information content (AvgIpc) is 2.64. The fourth-order valence-electron chi connectivity index (χ4n) is 2.49. The van der Waals surface area contributed by atoms with Gasteiger partial charge in [0.05, 0.1) is 0 Å². The van der Waals surface area contributed by atoms with Gasteiger partial charge < -0.3 is 9.47 Å². The van der Waals surface area contributed by atoms with Gasteiger partial charge in [-0.3, -0.25) is 4.79 Å². The second-order valence-electron chi connectivity index (χ2n) is 5.92.